The molecule has 0 aromatic heterocycles. The van der Waals surface area contributed by atoms with Gasteiger partial charge in [0.15, 0.2) is 0 Å². The molecule has 2 rings (SSSR count). The predicted octanol–water partition coefficient (Wildman–Crippen LogP) is 5.57. The van der Waals surface area contributed by atoms with E-state index >= 15 is 0 Å². The summed E-state index contributed by atoms with van der Waals surface area (Å²) in [6.45, 7) is 3.83. The minimum Gasteiger partial charge on any atom is -0.326 e. The number of carbonyl (C=O) groups excluding carboxylic acids is 2. The maximum Gasteiger partial charge on any atom is 0.224 e. The number of rotatable bonds is 11. The van der Waals surface area contributed by atoms with Crippen molar-refractivity contribution in [2.24, 2.45) is 0 Å². The third-order valence-corrected chi connectivity index (χ3v) is 4.35. The molecule has 0 fully saturated rings. The predicted molar refractivity (Wildman–Crippen MR) is 112 cm³/mol. The zero-order chi connectivity index (χ0) is 19.3. The number of anilines is 2. The molecule has 2 N–H and O–H groups in total. The van der Waals surface area contributed by atoms with Crippen LogP contribution in [0.5, 0.6) is 0 Å². The molecular weight excluding hydrogens is 336 g/mol. The Hall–Kier alpha value is -2.62. The van der Waals surface area contributed by atoms with E-state index in [1.807, 2.05) is 54.6 Å². The maximum atomic E-state index is 11.9. The van der Waals surface area contributed by atoms with E-state index < -0.39 is 0 Å². The number of hydrogen-bond acceptors (Lipinski definition) is 2. The van der Waals surface area contributed by atoms with Crippen LogP contribution in [-0.4, -0.2) is 11.8 Å². The van der Waals surface area contributed by atoms with E-state index in [0.29, 0.717) is 12.8 Å². The fourth-order valence-electron chi connectivity index (χ4n) is 2.83. The Kier molecular flexibility index (Phi) is 9.11. The average Bonchev–Trinajstić information content (AvgIpc) is 2.66. The summed E-state index contributed by atoms with van der Waals surface area (Å²) in [7, 11) is 0. The lowest BCUT2D eigenvalue weighted by molar-refractivity contribution is -0.117. The van der Waals surface area contributed by atoms with Crippen molar-refractivity contribution in [3.63, 3.8) is 0 Å². The molecule has 1 radical (unpaired) electrons. The molecule has 0 atom stereocenters. The molecule has 143 valence electrons. The summed E-state index contributed by atoms with van der Waals surface area (Å²) in [6, 6.07) is 17.0. The van der Waals surface area contributed by atoms with Gasteiger partial charge in [0.1, 0.15) is 0 Å². The second-order valence-corrected chi connectivity index (χ2v) is 6.78. The van der Waals surface area contributed by atoms with E-state index in [9.17, 15) is 9.59 Å². The van der Waals surface area contributed by atoms with Gasteiger partial charge in [-0.05, 0) is 49.6 Å². The highest BCUT2D eigenvalue weighted by Crippen LogP contribution is 2.12. The molecular formula is C23H29N2O2. The van der Waals surface area contributed by atoms with E-state index in [1.165, 1.54) is 0 Å². The number of hydrogen-bond donors (Lipinski definition) is 2. The van der Waals surface area contributed by atoms with Crippen molar-refractivity contribution in [3.8, 4) is 0 Å². The molecule has 2 aromatic carbocycles. The Labute approximate surface area is 162 Å². The van der Waals surface area contributed by atoms with Gasteiger partial charge in [0.25, 0.3) is 0 Å². The Balaban J connectivity index is 1.44. The first kappa shape index (κ1) is 20.7. The van der Waals surface area contributed by atoms with Crippen molar-refractivity contribution in [2.45, 2.75) is 51.4 Å². The highest BCUT2D eigenvalue weighted by atomic mass is 16.2. The van der Waals surface area contributed by atoms with Crippen molar-refractivity contribution in [1.82, 2.24) is 0 Å². The van der Waals surface area contributed by atoms with Crippen LogP contribution in [0.3, 0.4) is 0 Å². The average molecular weight is 365 g/mol. The zero-order valence-corrected chi connectivity index (χ0v) is 15.9. The van der Waals surface area contributed by atoms with Crippen molar-refractivity contribution in [1.29, 1.82) is 0 Å². The summed E-state index contributed by atoms with van der Waals surface area (Å²) in [5.41, 5.74) is 2.61. The van der Waals surface area contributed by atoms with Crippen LogP contribution in [0.15, 0.2) is 54.6 Å². The normalized spacial score (nSPS) is 10.4. The standard InChI is InChI=1S/C23H29N2O2/c1-19-15-17-21(18-16-19)25-23(27)14-10-5-3-2-4-9-13-22(26)24-20-11-7-6-8-12-20/h6-8,11-12,15-18H,1-5,9-10,13-14H2,(H,24,26)(H,25,27). The van der Waals surface area contributed by atoms with Crippen LogP contribution in [0.4, 0.5) is 11.4 Å². The van der Waals surface area contributed by atoms with Gasteiger partial charge in [-0.15, -0.1) is 0 Å². The van der Waals surface area contributed by atoms with E-state index in [2.05, 4.69) is 17.6 Å². The minimum absolute atomic E-state index is 0.0596. The van der Waals surface area contributed by atoms with Crippen molar-refractivity contribution in [2.75, 3.05) is 10.6 Å². The molecule has 0 unspecified atom stereocenters. The second kappa shape index (κ2) is 11.9. The number of nitrogens with one attached hydrogen (secondary N) is 2. The van der Waals surface area contributed by atoms with Gasteiger partial charge < -0.3 is 10.6 Å². The van der Waals surface area contributed by atoms with Crippen LogP contribution in [0.1, 0.15) is 56.9 Å². The maximum absolute atomic E-state index is 11.9. The van der Waals surface area contributed by atoms with Crippen LogP contribution >= 0.6 is 0 Å². The lowest BCUT2D eigenvalue weighted by atomic mass is 10.1. The Morgan fingerprint density at radius 2 is 1.07 bits per heavy atom. The van der Waals surface area contributed by atoms with Gasteiger partial charge in [-0.3, -0.25) is 9.59 Å². The van der Waals surface area contributed by atoms with Gasteiger partial charge in [0.05, 0.1) is 0 Å². The van der Waals surface area contributed by atoms with Crippen molar-refractivity contribution >= 4 is 23.2 Å². The first-order valence-electron chi connectivity index (χ1n) is 9.70. The molecule has 0 aliphatic carbocycles. The Morgan fingerprint density at radius 3 is 1.59 bits per heavy atom. The third-order valence-electron chi connectivity index (χ3n) is 4.35. The SMILES string of the molecule is [CH2]c1ccc(NC(=O)CCCCCCCCC(=O)Nc2ccccc2)cc1. The van der Waals surface area contributed by atoms with Crippen LogP contribution in [0.2, 0.25) is 0 Å². The second-order valence-electron chi connectivity index (χ2n) is 6.78. The fraction of sp³-hybridized carbons (Fsp3) is 0.348. The van der Waals surface area contributed by atoms with Crippen LogP contribution in [0.25, 0.3) is 0 Å². The van der Waals surface area contributed by atoms with Gasteiger partial charge in [-0.1, -0.05) is 56.0 Å². The Morgan fingerprint density at radius 1 is 0.630 bits per heavy atom. The number of para-hydroxylation sites is 1. The van der Waals surface area contributed by atoms with Crippen LogP contribution in [0, 0.1) is 6.92 Å². The molecule has 0 spiro atoms. The quantitative estimate of drug-likeness (QED) is 0.512. The van der Waals surface area contributed by atoms with Gasteiger partial charge in [0, 0.05) is 24.2 Å². The highest BCUT2D eigenvalue weighted by molar-refractivity contribution is 5.91. The molecule has 4 nitrogen and oxygen atoms in total. The lowest BCUT2D eigenvalue weighted by Crippen LogP contribution is -2.11. The summed E-state index contributed by atoms with van der Waals surface area (Å²) >= 11 is 0. The molecule has 0 aliphatic heterocycles. The fourth-order valence-corrected chi connectivity index (χ4v) is 2.83. The summed E-state index contributed by atoms with van der Waals surface area (Å²) in [5, 5.41) is 5.80. The molecule has 0 saturated carbocycles. The Bertz CT molecular complexity index is 696. The van der Waals surface area contributed by atoms with Gasteiger partial charge in [-0.2, -0.15) is 0 Å². The van der Waals surface area contributed by atoms with Crippen molar-refractivity contribution < 1.29 is 9.59 Å². The van der Waals surface area contributed by atoms with Gasteiger partial charge in [0.2, 0.25) is 11.8 Å². The summed E-state index contributed by atoms with van der Waals surface area (Å²) < 4.78 is 0. The molecule has 2 aromatic rings. The highest BCUT2D eigenvalue weighted by Gasteiger charge is 2.03. The zero-order valence-electron chi connectivity index (χ0n) is 15.9. The van der Waals surface area contributed by atoms with Gasteiger partial charge >= 0.3 is 0 Å². The topological polar surface area (TPSA) is 58.2 Å². The van der Waals surface area contributed by atoms with E-state index in [4.69, 9.17) is 0 Å². The molecule has 0 aliphatic rings. The largest absolute Gasteiger partial charge is 0.326 e. The monoisotopic (exact) mass is 365 g/mol. The molecule has 0 bridgehead atoms. The first-order chi connectivity index (χ1) is 13.1. The van der Waals surface area contributed by atoms with E-state index in [-0.39, 0.29) is 11.8 Å². The number of carbonyl (C=O) groups is 2. The van der Waals surface area contributed by atoms with Crippen LogP contribution in [-0.2, 0) is 9.59 Å². The first-order valence-corrected chi connectivity index (χ1v) is 9.70. The van der Waals surface area contributed by atoms with E-state index in [1.54, 1.807) is 0 Å². The molecule has 2 amide bonds. The summed E-state index contributed by atoms with van der Waals surface area (Å²) in [5.74, 6) is 0.133. The third kappa shape index (κ3) is 9.04. The van der Waals surface area contributed by atoms with Crippen molar-refractivity contribution in [3.05, 3.63) is 67.1 Å². The summed E-state index contributed by atoms with van der Waals surface area (Å²) in [6.07, 6.45) is 7.20. The van der Waals surface area contributed by atoms with E-state index in [0.717, 1.165) is 55.5 Å². The minimum atomic E-state index is 0.0596. The smallest absolute Gasteiger partial charge is 0.224 e. The molecule has 0 saturated heterocycles. The molecule has 27 heavy (non-hydrogen) atoms. The lowest BCUT2D eigenvalue weighted by Gasteiger charge is -2.06. The molecule has 4 heteroatoms. The van der Waals surface area contributed by atoms with Crippen LogP contribution < -0.4 is 10.6 Å². The number of benzene rings is 2. The molecule has 0 heterocycles. The number of amides is 2. The van der Waals surface area contributed by atoms with Gasteiger partial charge in [-0.25, -0.2) is 0 Å². The number of unbranched alkanes of at least 4 members (excludes halogenated alkanes) is 5. The summed E-state index contributed by atoms with van der Waals surface area (Å²) in [4.78, 5) is 23.7.